The lowest BCUT2D eigenvalue weighted by molar-refractivity contribution is -0.137. The largest absolute Gasteiger partial charge is 0.484 e. The monoisotopic (exact) mass is 455 g/mol. The number of nitrogens with zero attached hydrogens (tertiary/aromatic N) is 4. The molecule has 1 aromatic heterocycles. The Morgan fingerprint density at radius 2 is 1.97 bits per heavy atom. The van der Waals surface area contributed by atoms with Crippen molar-refractivity contribution in [1.29, 1.82) is 0 Å². The van der Waals surface area contributed by atoms with Crippen LogP contribution >= 0.6 is 0 Å². The molecule has 176 valence electrons. The van der Waals surface area contributed by atoms with Gasteiger partial charge in [0.15, 0.2) is 6.61 Å². The van der Waals surface area contributed by atoms with E-state index in [1.54, 1.807) is 46.6 Å². The van der Waals surface area contributed by atoms with Crippen molar-refractivity contribution in [2.24, 2.45) is 5.92 Å². The van der Waals surface area contributed by atoms with Crippen molar-refractivity contribution in [3.63, 3.8) is 0 Å². The molecule has 2 aliphatic rings. The van der Waals surface area contributed by atoms with Crippen LogP contribution in [0.2, 0.25) is 0 Å². The molecule has 10 heteroatoms. The minimum absolute atomic E-state index is 0.0366. The molecular weight excluding hydrogens is 426 g/mol. The molecule has 4 rings (SSSR count). The van der Waals surface area contributed by atoms with Gasteiger partial charge in [0, 0.05) is 57.2 Å². The van der Waals surface area contributed by atoms with E-state index in [4.69, 9.17) is 9.47 Å². The Balaban J connectivity index is 1.21. The van der Waals surface area contributed by atoms with Crippen LogP contribution in [0.5, 0.6) is 5.75 Å². The second kappa shape index (κ2) is 11.0. The molecule has 3 heterocycles. The third kappa shape index (κ3) is 6.10. The van der Waals surface area contributed by atoms with E-state index in [9.17, 15) is 14.4 Å². The summed E-state index contributed by atoms with van der Waals surface area (Å²) in [5.74, 6) is -0.0641. The molecule has 33 heavy (non-hydrogen) atoms. The first kappa shape index (κ1) is 22.8. The number of rotatable bonds is 9. The standard InChI is InChI=1S/C23H29N5O5/c29-21-14-18(23(31)25-6-1-8-26-9-7-24-17-26)15-28(21)19-2-4-20(5-3-19)33-16-22(30)27-10-12-32-13-11-27/h2-5,7,9,17-18H,1,6,8,10-16H2,(H,25,31)/t18-/m1/s1. The number of hydrogen-bond donors (Lipinski definition) is 1. The molecule has 0 unspecified atom stereocenters. The number of imidazole rings is 1. The van der Waals surface area contributed by atoms with Crippen molar-refractivity contribution in [2.75, 3.05) is 50.9 Å². The van der Waals surface area contributed by atoms with Crippen LogP contribution in [0.1, 0.15) is 12.8 Å². The smallest absolute Gasteiger partial charge is 0.260 e. The SMILES string of the molecule is O=C(NCCCn1ccnc1)[C@@H]1CC(=O)N(c2ccc(OCC(=O)N3CCOCC3)cc2)C1. The predicted octanol–water partition coefficient (Wildman–Crippen LogP) is 0.680. The van der Waals surface area contributed by atoms with Gasteiger partial charge in [-0.05, 0) is 30.7 Å². The predicted molar refractivity (Wildman–Crippen MR) is 120 cm³/mol. The quantitative estimate of drug-likeness (QED) is 0.558. The first-order chi connectivity index (χ1) is 16.1. The lowest BCUT2D eigenvalue weighted by atomic mass is 10.1. The zero-order valence-corrected chi connectivity index (χ0v) is 18.5. The van der Waals surface area contributed by atoms with E-state index in [0.717, 1.165) is 13.0 Å². The van der Waals surface area contributed by atoms with Crippen molar-refractivity contribution in [3.8, 4) is 5.75 Å². The van der Waals surface area contributed by atoms with Crippen LogP contribution in [-0.4, -0.2) is 78.2 Å². The number of hydrogen-bond acceptors (Lipinski definition) is 6. The number of anilines is 1. The molecule has 1 aromatic carbocycles. The van der Waals surface area contributed by atoms with Crippen LogP contribution in [0.4, 0.5) is 5.69 Å². The Morgan fingerprint density at radius 1 is 1.18 bits per heavy atom. The highest BCUT2D eigenvalue weighted by Gasteiger charge is 2.35. The maximum absolute atomic E-state index is 12.5. The fourth-order valence-corrected chi connectivity index (χ4v) is 3.94. The molecule has 2 fully saturated rings. The molecule has 0 spiro atoms. The van der Waals surface area contributed by atoms with Crippen molar-refractivity contribution in [1.82, 2.24) is 19.8 Å². The van der Waals surface area contributed by atoms with Gasteiger partial charge in [-0.15, -0.1) is 0 Å². The van der Waals surface area contributed by atoms with Crippen molar-refractivity contribution in [3.05, 3.63) is 43.0 Å². The van der Waals surface area contributed by atoms with Gasteiger partial charge in [0.1, 0.15) is 5.75 Å². The van der Waals surface area contributed by atoms with Crippen molar-refractivity contribution in [2.45, 2.75) is 19.4 Å². The van der Waals surface area contributed by atoms with E-state index in [0.29, 0.717) is 50.8 Å². The number of morpholine rings is 1. The molecule has 0 bridgehead atoms. The van der Waals surface area contributed by atoms with Gasteiger partial charge in [-0.2, -0.15) is 0 Å². The number of carbonyl (C=O) groups excluding carboxylic acids is 3. The Bertz CT molecular complexity index is 941. The number of carbonyl (C=O) groups is 3. The van der Waals surface area contributed by atoms with Gasteiger partial charge >= 0.3 is 0 Å². The second-order valence-electron chi connectivity index (χ2n) is 8.13. The molecule has 0 aliphatic carbocycles. The van der Waals surface area contributed by atoms with Crippen LogP contribution in [0, 0.1) is 5.92 Å². The third-order valence-corrected chi connectivity index (χ3v) is 5.82. The van der Waals surface area contributed by atoms with Gasteiger partial charge in [-0.1, -0.05) is 0 Å². The van der Waals surface area contributed by atoms with Gasteiger partial charge in [-0.25, -0.2) is 4.98 Å². The first-order valence-electron chi connectivity index (χ1n) is 11.2. The van der Waals surface area contributed by atoms with E-state index in [-0.39, 0.29) is 36.7 Å². The van der Waals surface area contributed by atoms with E-state index < -0.39 is 0 Å². The molecule has 2 aromatic rings. The Hall–Kier alpha value is -3.40. The minimum Gasteiger partial charge on any atom is -0.484 e. The molecule has 1 N–H and O–H groups in total. The zero-order chi connectivity index (χ0) is 23.0. The van der Waals surface area contributed by atoms with Crippen LogP contribution in [0.15, 0.2) is 43.0 Å². The van der Waals surface area contributed by atoms with E-state index in [1.165, 1.54) is 0 Å². The molecule has 3 amide bonds. The van der Waals surface area contributed by atoms with Gasteiger partial charge in [0.05, 0.1) is 25.5 Å². The first-order valence-corrected chi connectivity index (χ1v) is 11.2. The summed E-state index contributed by atoms with van der Waals surface area (Å²) in [5, 5.41) is 2.93. The number of amides is 3. The number of aromatic nitrogens is 2. The summed E-state index contributed by atoms with van der Waals surface area (Å²) in [4.78, 5) is 44.5. The number of benzene rings is 1. The molecule has 0 radical (unpaired) electrons. The number of aryl methyl sites for hydroxylation is 1. The molecule has 0 saturated carbocycles. The highest BCUT2D eigenvalue weighted by atomic mass is 16.5. The summed E-state index contributed by atoms with van der Waals surface area (Å²) in [6, 6.07) is 7.02. The summed E-state index contributed by atoms with van der Waals surface area (Å²) >= 11 is 0. The van der Waals surface area contributed by atoms with Crippen LogP contribution in [-0.2, 0) is 25.7 Å². The summed E-state index contributed by atoms with van der Waals surface area (Å²) in [6.45, 7) is 3.91. The van der Waals surface area contributed by atoms with Crippen LogP contribution < -0.4 is 15.0 Å². The highest BCUT2D eigenvalue weighted by molar-refractivity contribution is 6.00. The summed E-state index contributed by atoms with van der Waals surface area (Å²) in [5.41, 5.74) is 0.710. The lowest BCUT2D eigenvalue weighted by Crippen LogP contribution is -2.42. The summed E-state index contributed by atoms with van der Waals surface area (Å²) in [7, 11) is 0. The van der Waals surface area contributed by atoms with E-state index >= 15 is 0 Å². The molecule has 1 atom stereocenters. The number of ether oxygens (including phenoxy) is 2. The summed E-state index contributed by atoms with van der Waals surface area (Å²) in [6.07, 6.45) is 6.34. The number of nitrogens with one attached hydrogen (secondary N) is 1. The second-order valence-corrected chi connectivity index (χ2v) is 8.13. The molecule has 10 nitrogen and oxygen atoms in total. The minimum atomic E-state index is -0.368. The van der Waals surface area contributed by atoms with Crippen LogP contribution in [0.25, 0.3) is 0 Å². The average Bonchev–Trinajstić information content (AvgIpc) is 3.51. The van der Waals surface area contributed by atoms with Gasteiger partial charge < -0.3 is 29.2 Å². The van der Waals surface area contributed by atoms with Gasteiger partial charge in [0.25, 0.3) is 5.91 Å². The van der Waals surface area contributed by atoms with Crippen LogP contribution in [0.3, 0.4) is 0 Å². The fraction of sp³-hybridized carbons (Fsp3) is 0.478. The maximum Gasteiger partial charge on any atom is 0.260 e. The van der Waals surface area contributed by atoms with Crippen molar-refractivity contribution >= 4 is 23.4 Å². The molecule has 2 aliphatic heterocycles. The molecule has 2 saturated heterocycles. The zero-order valence-electron chi connectivity index (χ0n) is 18.5. The summed E-state index contributed by atoms with van der Waals surface area (Å²) < 4.78 is 12.8. The lowest BCUT2D eigenvalue weighted by Gasteiger charge is -2.26. The molecular formula is C23H29N5O5. The van der Waals surface area contributed by atoms with E-state index in [1.807, 2.05) is 10.8 Å². The van der Waals surface area contributed by atoms with Gasteiger partial charge in [-0.3, -0.25) is 14.4 Å². The Morgan fingerprint density at radius 3 is 2.70 bits per heavy atom. The fourth-order valence-electron chi connectivity index (χ4n) is 3.94. The topological polar surface area (TPSA) is 106 Å². The Labute approximate surface area is 192 Å². The highest BCUT2D eigenvalue weighted by Crippen LogP contribution is 2.27. The Kier molecular flexibility index (Phi) is 7.56. The third-order valence-electron chi connectivity index (χ3n) is 5.82. The van der Waals surface area contributed by atoms with Gasteiger partial charge in [0.2, 0.25) is 11.8 Å². The van der Waals surface area contributed by atoms with Crippen molar-refractivity contribution < 1.29 is 23.9 Å². The van der Waals surface area contributed by atoms with E-state index in [2.05, 4.69) is 10.3 Å². The average molecular weight is 456 g/mol. The maximum atomic E-state index is 12.5. The normalized spacial score (nSPS) is 18.4.